The van der Waals surface area contributed by atoms with Crippen molar-refractivity contribution in [2.45, 2.75) is 32.4 Å². The average molecular weight is 382 g/mol. The highest BCUT2D eigenvalue weighted by atomic mass is 19.4. The standard InChI is InChI=1S/C17H21F3N6O/c1-11(2)13-8-14(26(24-13)16-21-5-3-6-22-16)23-15(27)12-4-7-25(9-12)10-17(18,19)20/h3,5-6,8,11-12H,4,7,9-10H2,1-2H3,(H,23,27). The Bertz CT molecular complexity index is 790. The maximum atomic E-state index is 12.6. The van der Waals surface area contributed by atoms with Crippen LogP contribution < -0.4 is 5.32 Å². The summed E-state index contributed by atoms with van der Waals surface area (Å²) in [4.78, 5) is 22.1. The minimum atomic E-state index is -4.26. The number of carbonyl (C=O) groups excluding carboxylic acids is 1. The summed E-state index contributed by atoms with van der Waals surface area (Å²) >= 11 is 0. The van der Waals surface area contributed by atoms with E-state index in [1.807, 2.05) is 13.8 Å². The maximum Gasteiger partial charge on any atom is 0.401 e. The number of rotatable bonds is 5. The fourth-order valence-electron chi connectivity index (χ4n) is 3.00. The molecular weight excluding hydrogens is 361 g/mol. The van der Waals surface area contributed by atoms with Gasteiger partial charge in [0, 0.05) is 25.0 Å². The molecule has 1 saturated heterocycles. The molecule has 1 N–H and O–H groups in total. The third-order valence-corrected chi connectivity index (χ3v) is 4.36. The van der Waals surface area contributed by atoms with Crippen molar-refractivity contribution in [3.05, 3.63) is 30.2 Å². The lowest BCUT2D eigenvalue weighted by molar-refractivity contribution is -0.144. The van der Waals surface area contributed by atoms with Gasteiger partial charge in [0.1, 0.15) is 5.82 Å². The SMILES string of the molecule is CC(C)c1cc(NC(=O)C2CCN(CC(F)(F)F)C2)n(-c2ncccn2)n1. The predicted octanol–water partition coefficient (Wildman–Crippen LogP) is 2.61. The molecule has 0 bridgehead atoms. The predicted molar refractivity (Wildman–Crippen MR) is 92.5 cm³/mol. The Balaban J connectivity index is 1.74. The van der Waals surface area contributed by atoms with Crippen LogP contribution in [0.2, 0.25) is 0 Å². The molecule has 1 aliphatic heterocycles. The summed E-state index contributed by atoms with van der Waals surface area (Å²) in [6.45, 7) is 3.27. The fourth-order valence-corrected chi connectivity index (χ4v) is 3.00. The topological polar surface area (TPSA) is 75.9 Å². The first-order valence-corrected chi connectivity index (χ1v) is 8.70. The molecule has 2 aromatic heterocycles. The molecule has 146 valence electrons. The van der Waals surface area contributed by atoms with Crippen LogP contribution in [0.25, 0.3) is 5.95 Å². The van der Waals surface area contributed by atoms with E-state index in [1.165, 1.54) is 9.58 Å². The van der Waals surface area contributed by atoms with Crippen molar-refractivity contribution in [2.24, 2.45) is 5.92 Å². The molecule has 2 aromatic rings. The van der Waals surface area contributed by atoms with Gasteiger partial charge in [-0.3, -0.25) is 9.69 Å². The van der Waals surface area contributed by atoms with Crippen LogP contribution in [0.5, 0.6) is 0 Å². The first kappa shape index (κ1) is 19.3. The van der Waals surface area contributed by atoms with Crippen molar-refractivity contribution in [3.8, 4) is 5.95 Å². The third-order valence-electron chi connectivity index (χ3n) is 4.36. The largest absolute Gasteiger partial charge is 0.401 e. The number of nitrogens with zero attached hydrogens (tertiary/aromatic N) is 5. The second-order valence-corrected chi connectivity index (χ2v) is 6.89. The van der Waals surface area contributed by atoms with Crippen LogP contribution in [0, 0.1) is 5.92 Å². The van der Waals surface area contributed by atoms with Gasteiger partial charge in [0.25, 0.3) is 5.95 Å². The van der Waals surface area contributed by atoms with Crippen molar-refractivity contribution in [3.63, 3.8) is 0 Å². The number of nitrogens with one attached hydrogen (secondary N) is 1. The van der Waals surface area contributed by atoms with Gasteiger partial charge in [0.15, 0.2) is 0 Å². The summed E-state index contributed by atoms with van der Waals surface area (Å²) in [7, 11) is 0. The minimum absolute atomic E-state index is 0.0817. The lowest BCUT2D eigenvalue weighted by Gasteiger charge is -2.17. The second-order valence-electron chi connectivity index (χ2n) is 6.89. The van der Waals surface area contributed by atoms with Crippen LogP contribution in [0.1, 0.15) is 31.9 Å². The quantitative estimate of drug-likeness (QED) is 0.860. The third kappa shape index (κ3) is 4.82. The van der Waals surface area contributed by atoms with Gasteiger partial charge in [-0.2, -0.15) is 23.0 Å². The van der Waals surface area contributed by atoms with E-state index in [1.54, 1.807) is 24.5 Å². The Kier molecular flexibility index (Phi) is 5.45. The molecule has 1 aliphatic rings. The van der Waals surface area contributed by atoms with Crippen LogP contribution in [0.4, 0.5) is 19.0 Å². The normalized spacial score (nSPS) is 18.2. The zero-order valence-corrected chi connectivity index (χ0v) is 15.1. The molecule has 3 heterocycles. The van der Waals surface area contributed by atoms with Crippen LogP contribution in [-0.2, 0) is 4.79 Å². The van der Waals surface area contributed by atoms with Gasteiger partial charge < -0.3 is 5.32 Å². The van der Waals surface area contributed by atoms with E-state index in [0.29, 0.717) is 18.2 Å². The molecule has 0 aliphatic carbocycles. The van der Waals surface area contributed by atoms with Crippen molar-refractivity contribution in [1.82, 2.24) is 24.6 Å². The molecular formula is C17H21F3N6O. The summed E-state index contributed by atoms with van der Waals surface area (Å²) in [5, 5.41) is 7.22. The zero-order valence-electron chi connectivity index (χ0n) is 15.1. The lowest BCUT2D eigenvalue weighted by atomic mass is 10.1. The number of carbonyl (C=O) groups is 1. The summed E-state index contributed by atoms with van der Waals surface area (Å²) in [6.07, 6.45) is -0.747. The van der Waals surface area contributed by atoms with E-state index in [0.717, 1.165) is 5.69 Å². The molecule has 0 aromatic carbocycles. The maximum absolute atomic E-state index is 12.6. The van der Waals surface area contributed by atoms with Gasteiger partial charge in [0.05, 0.1) is 18.2 Å². The first-order valence-electron chi connectivity index (χ1n) is 8.70. The zero-order chi connectivity index (χ0) is 19.6. The lowest BCUT2D eigenvalue weighted by Crippen LogP contribution is -2.34. The van der Waals surface area contributed by atoms with Gasteiger partial charge in [-0.15, -0.1) is 0 Å². The van der Waals surface area contributed by atoms with Gasteiger partial charge in [0.2, 0.25) is 5.91 Å². The molecule has 27 heavy (non-hydrogen) atoms. The van der Waals surface area contributed by atoms with Crippen LogP contribution in [0.3, 0.4) is 0 Å². The Hall–Kier alpha value is -2.49. The Labute approximate surface area is 154 Å². The summed E-state index contributed by atoms with van der Waals surface area (Å²) in [5.41, 5.74) is 0.753. The molecule has 1 unspecified atom stereocenters. The smallest absolute Gasteiger partial charge is 0.310 e. The number of alkyl halides is 3. The van der Waals surface area contributed by atoms with Gasteiger partial charge in [-0.25, -0.2) is 9.97 Å². The van der Waals surface area contributed by atoms with Crippen molar-refractivity contribution in [2.75, 3.05) is 25.0 Å². The number of halogens is 3. The van der Waals surface area contributed by atoms with Gasteiger partial charge >= 0.3 is 6.18 Å². The average Bonchev–Trinajstić information content (AvgIpc) is 3.21. The van der Waals surface area contributed by atoms with Crippen molar-refractivity contribution < 1.29 is 18.0 Å². The highest BCUT2D eigenvalue weighted by Gasteiger charge is 2.36. The molecule has 0 radical (unpaired) electrons. The Morgan fingerprint density at radius 3 is 2.67 bits per heavy atom. The highest BCUT2D eigenvalue weighted by Crippen LogP contribution is 2.25. The summed E-state index contributed by atoms with van der Waals surface area (Å²) in [6, 6.07) is 3.41. The van der Waals surface area contributed by atoms with E-state index in [9.17, 15) is 18.0 Å². The van der Waals surface area contributed by atoms with Crippen LogP contribution in [0.15, 0.2) is 24.5 Å². The van der Waals surface area contributed by atoms with Gasteiger partial charge in [-0.05, 0) is 24.9 Å². The monoisotopic (exact) mass is 382 g/mol. The van der Waals surface area contributed by atoms with Crippen molar-refractivity contribution in [1.29, 1.82) is 0 Å². The van der Waals surface area contributed by atoms with Gasteiger partial charge in [-0.1, -0.05) is 13.8 Å². The number of likely N-dealkylation sites (tertiary alicyclic amines) is 1. The second kappa shape index (κ2) is 7.63. The van der Waals surface area contributed by atoms with E-state index in [4.69, 9.17) is 0 Å². The summed E-state index contributed by atoms with van der Waals surface area (Å²) in [5.74, 6) is 0.00955. The summed E-state index contributed by atoms with van der Waals surface area (Å²) < 4.78 is 39.0. The highest BCUT2D eigenvalue weighted by molar-refractivity contribution is 5.92. The van der Waals surface area contributed by atoms with E-state index < -0.39 is 18.6 Å². The van der Waals surface area contributed by atoms with Crippen LogP contribution >= 0.6 is 0 Å². The molecule has 1 atom stereocenters. The number of amides is 1. The van der Waals surface area contributed by atoms with E-state index >= 15 is 0 Å². The molecule has 10 heteroatoms. The molecule has 0 saturated carbocycles. The van der Waals surface area contributed by atoms with E-state index in [2.05, 4.69) is 20.4 Å². The minimum Gasteiger partial charge on any atom is -0.310 e. The molecule has 1 amide bonds. The molecule has 1 fully saturated rings. The van der Waals surface area contributed by atoms with Crippen molar-refractivity contribution >= 4 is 11.7 Å². The molecule has 7 nitrogen and oxygen atoms in total. The Morgan fingerprint density at radius 2 is 2.04 bits per heavy atom. The number of aromatic nitrogens is 4. The van der Waals surface area contributed by atoms with Crippen LogP contribution in [-0.4, -0.2) is 56.4 Å². The first-order chi connectivity index (χ1) is 12.7. The molecule has 3 rings (SSSR count). The Morgan fingerprint density at radius 1 is 1.33 bits per heavy atom. The van der Waals surface area contributed by atoms with E-state index in [-0.39, 0.29) is 24.9 Å². The fraction of sp³-hybridized carbons (Fsp3) is 0.529. The number of hydrogen-bond acceptors (Lipinski definition) is 5. The number of hydrogen-bond donors (Lipinski definition) is 1. The number of anilines is 1. The molecule has 0 spiro atoms.